The van der Waals surface area contributed by atoms with Crippen molar-refractivity contribution in [1.82, 2.24) is 24.5 Å². The molecule has 0 bridgehead atoms. The summed E-state index contributed by atoms with van der Waals surface area (Å²) in [6.45, 7) is 0. The van der Waals surface area contributed by atoms with Gasteiger partial charge in [0.05, 0.1) is 10.2 Å². The van der Waals surface area contributed by atoms with E-state index in [1.165, 1.54) is 0 Å². The van der Waals surface area contributed by atoms with Crippen molar-refractivity contribution in [1.29, 1.82) is 0 Å². The Hall–Kier alpha value is -2.25. The van der Waals surface area contributed by atoms with Crippen molar-refractivity contribution in [3.63, 3.8) is 0 Å². The summed E-state index contributed by atoms with van der Waals surface area (Å²) in [4.78, 5) is 17.1. The second-order valence-electron chi connectivity index (χ2n) is 4.60. The molecule has 4 aromatic rings. The Balaban J connectivity index is 1.51. The molecular formula is C15H11N5S2. The Morgan fingerprint density at radius 2 is 2.14 bits per heavy atom. The normalized spacial score (nSPS) is 11.1. The van der Waals surface area contributed by atoms with E-state index in [1.807, 2.05) is 34.5 Å². The summed E-state index contributed by atoms with van der Waals surface area (Å²) in [5.74, 6) is 1.70. The highest BCUT2D eigenvalue weighted by Gasteiger charge is 2.06. The first kappa shape index (κ1) is 13.4. The van der Waals surface area contributed by atoms with Crippen molar-refractivity contribution in [2.45, 2.75) is 10.8 Å². The number of aromatic nitrogens is 5. The minimum absolute atomic E-state index is 0.835. The van der Waals surface area contributed by atoms with Crippen LogP contribution in [0.25, 0.3) is 16.0 Å². The molecule has 0 amide bonds. The van der Waals surface area contributed by atoms with Gasteiger partial charge in [0.1, 0.15) is 23.5 Å². The SMILES string of the molecule is c1cn(-c2ccc(CSc3ncnc4ccsc34)cn2)cn1. The van der Waals surface area contributed by atoms with Crippen molar-refractivity contribution in [3.05, 3.63) is 60.4 Å². The Morgan fingerprint density at radius 3 is 2.95 bits per heavy atom. The lowest BCUT2D eigenvalue weighted by Crippen LogP contribution is -1.94. The van der Waals surface area contributed by atoms with Crippen LogP contribution >= 0.6 is 23.1 Å². The maximum Gasteiger partial charge on any atom is 0.137 e. The standard InChI is InChI=1S/C15H11N5S2/c1-2-13(20-5-4-16-10-20)17-7-11(1)8-22-15-14-12(3-6-21-14)18-9-19-15/h1-7,9-10H,8H2. The number of thioether (sulfide) groups is 1. The monoisotopic (exact) mass is 325 g/mol. The van der Waals surface area contributed by atoms with Gasteiger partial charge in [-0.1, -0.05) is 6.07 Å². The van der Waals surface area contributed by atoms with E-state index in [4.69, 9.17) is 0 Å². The fourth-order valence-corrected chi connectivity index (χ4v) is 3.95. The highest BCUT2D eigenvalue weighted by Crippen LogP contribution is 2.30. The van der Waals surface area contributed by atoms with Crippen LogP contribution in [-0.4, -0.2) is 24.5 Å². The van der Waals surface area contributed by atoms with Gasteiger partial charge in [-0.2, -0.15) is 0 Å². The van der Waals surface area contributed by atoms with E-state index in [9.17, 15) is 0 Å². The summed E-state index contributed by atoms with van der Waals surface area (Å²) in [7, 11) is 0. The molecule has 0 fully saturated rings. The molecule has 0 unspecified atom stereocenters. The average molecular weight is 325 g/mol. The molecule has 0 aliphatic rings. The van der Waals surface area contributed by atoms with Crippen molar-refractivity contribution < 1.29 is 0 Å². The topological polar surface area (TPSA) is 56.5 Å². The minimum Gasteiger partial charge on any atom is -0.291 e. The van der Waals surface area contributed by atoms with Gasteiger partial charge in [0, 0.05) is 24.3 Å². The maximum absolute atomic E-state index is 4.47. The summed E-state index contributed by atoms with van der Waals surface area (Å²) >= 11 is 3.39. The van der Waals surface area contributed by atoms with Gasteiger partial charge in [-0.25, -0.2) is 19.9 Å². The second kappa shape index (κ2) is 5.86. The molecule has 4 aromatic heterocycles. The van der Waals surface area contributed by atoms with Crippen LogP contribution in [0.15, 0.2) is 59.9 Å². The smallest absolute Gasteiger partial charge is 0.137 e. The molecule has 0 aromatic carbocycles. The Morgan fingerprint density at radius 1 is 1.14 bits per heavy atom. The molecule has 22 heavy (non-hydrogen) atoms. The van der Waals surface area contributed by atoms with Gasteiger partial charge < -0.3 is 0 Å². The largest absolute Gasteiger partial charge is 0.291 e. The summed E-state index contributed by atoms with van der Waals surface area (Å²) in [6, 6.07) is 6.10. The summed E-state index contributed by atoms with van der Waals surface area (Å²) in [6.07, 6.45) is 8.89. The van der Waals surface area contributed by atoms with Gasteiger partial charge in [0.15, 0.2) is 0 Å². The number of thiophene rings is 1. The van der Waals surface area contributed by atoms with Gasteiger partial charge in [-0.15, -0.1) is 23.1 Å². The fraction of sp³-hybridized carbons (Fsp3) is 0.0667. The third-order valence-electron chi connectivity index (χ3n) is 3.16. The van der Waals surface area contributed by atoms with Crippen LogP contribution in [0.1, 0.15) is 5.56 Å². The molecule has 108 valence electrons. The first-order valence-corrected chi connectivity index (χ1v) is 8.51. The highest BCUT2D eigenvalue weighted by molar-refractivity contribution is 7.98. The van der Waals surface area contributed by atoms with Gasteiger partial charge >= 0.3 is 0 Å². The molecular weight excluding hydrogens is 314 g/mol. The van der Waals surface area contributed by atoms with E-state index in [-0.39, 0.29) is 0 Å². The third kappa shape index (κ3) is 2.60. The zero-order valence-corrected chi connectivity index (χ0v) is 13.1. The van der Waals surface area contributed by atoms with Gasteiger partial charge in [0.2, 0.25) is 0 Å². The number of hydrogen-bond donors (Lipinski definition) is 0. The van der Waals surface area contributed by atoms with E-state index in [0.717, 1.165) is 32.4 Å². The maximum atomic E-state index is 4.47. The van der Waals surface area contributed by atoms with Crippen LogP contribution in [0.2, 0.25) is 0 Å². The van der Waals surface area contributed by atoms with Crippen molar-refractivity contribution in [2.24, 2.45) is 0 Å². The molecule has 0 aliphatic heterocycles. The average Bonchev–Trinajstić information content (AvgIpc) is 3.24. The summed E-state index contributed by atoms with van der Waals surface area (Å²) < 4.78 is 3.03. The number of fused-ring (bicyclic) bond motifs is 1. The zero-order chi connectivity index (χ0) is 14.8. The molecule has 0 N–H and O–H groups in total. The second-order valence-corrected chi connectivity index (χ2v) is 6.48. The van der Waals surface area contributed by atoms with E-state index in [0.29, 0.717) is 0 Å². The molecule has 5 nitrogen and oxygen atoms in total. The molecule has 0 radical (unpaired) electrons. The van der Waals surface area contributed by atoms with Gasteiger partial charge in [0.25, 0.3) is 0 Å². The Bertz CT molecular complexity index is 884. The van der Waals surface area contributed by atoms with E-state index >= 15 is 0 Å². The number of rotatable bonds is 4. The van der Waals surface area contributed by atoms with Crippen molar-refractivity contribution >= 4 is 33.3 Å². The Labute approximate surface area is 135 Å². The quantitative estimate of drug-likeness (QED) is 0.424. The molecule has 0 spiro atoms. The van der Waals surface area contributed by atoms with Crippen LogP contribution in [0, 0.1) is 0 Å². The number of imidazole rings is 1. The minimum atomic E-state index is 0.835. The molecule has 0 saturated carbocycles. The van der Waals surface area contributed by atoms with E-state index in [2.05, 4.69) is 26.0 Å². The van der Waals surface area contributed by atoms with E-state index < -0.39 is 0 Å². The molecule has 0 saturated heterocycles. The number of nitrogens with zero attached hydrogens (tertiary/aromatic N) is 5. The fourth-order valence-electron chi connectivity index (χ4n) is 2.07. The number of pyridine rings is 1. The predicted octanol–water partition coefficient (Wildman–Crippen LogP) is 3.56. The lowest BCUT2D eigenvalue weighted by Gasteiger charge is -2.04. The summed E-state index contributed by atoms with van der Waals surface area (Å²) in [5.41, 5.74) is 2.17. The van der Waals surface area contributed by atoms with Crippen LogP contribution < -0.4 is 0 Å². The predicted molar refractivity (Wildman–Crippen MR) is 88.3 cm³/mol. The molecule has 0 aliphatic carbocycles. The summed E-state index contributed by atoms with van der Waals surface area (Å²) in [5, 5.41) is 3.07. The van der Waals surface area contributed by atoms with Crippen LogP contribution in [0.5, 0.6) is 0 Å². The first-order valence-electron chi connectivity index (χ1n) is 6.64. The van der Waals surface area contributed by atoms with Crippen LogP contribution in [-0.2, 0) is 5.75 Å². The van der Waals surface area contributed by atoms with Crippen molar-refractivity contribution in [2.75, 3.05) is 0 Å². The van der Waals surface area contributed by atoms with Gasteiger partial charge in [-0.3, -0.25) is 4.57 Å². The lowest BCUT2D eigenvalue weighted by molar-refractivity contribution is 0.987. The van der Waals surface area contributed by atoms with E-state index in [1.54, 1.807) is 42.0 Å². The zero-order valence-electron chi connectivity index (χ0n) is 11.5. The first-order chi connectivity index (χ1) is 10.9. The molecule has 4 heterocycles. The molecule has 0 atom stereocenters. The number of hydrogen-bond acceptors (Lipinski definition) is 6. The lowest BCUT2D eigenvalue weighted by atomic mass is 10.3. The molecule has 4 rings (SSSR count). The van der Waals surface area contributed by atoms with Crippen LogP contribution in [0.3, 0.4) is 0 Å². The third-order valence-corrected chi connectivity index (χ3v) is 5.26. The van der Waals surface area contributed by atoms with Crippen LogP contribution in [0.4, 0.5) is 0 Å². The molecule has 7 heteroatoms. The Kier molecular flexibility index (Phi) is 3.57. The van der Waals surface area contributed by atoms with Crippen molar-refractivity contribution in [3.8, 4) is 5.82 Å². The highest BCUT2D eigenvalue weighted by atomic mass is 32.2. The van der Waals surface area contributed by atoms with Gasteiger partial charge in [-0.05, 0) is 23.1 Å².